The number of nitrogens with zero attached hydrogens (tertiary/aromatic N) is 1. The van der Waals surface area contributed by atoms with E-state index in [1.165, 1.54) is 0 Å². The van der Waals surface area contributed by atoms with Crippen molar-refractivity contribution in [2.45, 2.75) is 6.42 Å². The number of methoxy groups -OCH3 is 1. The molecule has 0 saturated heterocycles. The molecule has 5 heteroatoms. The largest absolute Gasteiger partial charge is 0.497 e. The number of rotatable bonds is 6. The summed E-state index contributed by atoms with van der Waals surface area (Å²) in [6.07, 6.45) is 4.21. The predicted octanol–water partition coefficient (Wildman–Crippen LogP) is 3.44. The van der Waals surface area contributed by atoms with Gasteiger partial charge in [-0.25, -0.2) is 0 Å². The molecule has 0 fully saturated rings. The van der Waals surface area contributed by atoms with Gasteiger partial charge in [-0.2, -0.15) is 5.26 Å². The summed E-state index contributed by atoms with van der Waals surface area (Å²) in [6, 6.07) is 17.2. The summed E-state index contributed by atoms with van der Waals surface area (Å²) in [6.45, 7) is 0.461. The van der Waals surface area contributed by atoms with E-state index in [9.17, 15) is 10.1 Å². The van der Waals surface area contributed by atoms with Crippen molar-refractivity contribution < 1.29 is 9.53 Å². The van der Waals surface area contributed by atoms with Crippen LogP contribution >= 0.6 is 0 Å². The van der Waals surface area contributed by atoms with Gasteiger partial charge in [-0.1, -0.05) is 30.3 Å². The van der Waals surface area contributed by atoms with Crippen LogP contribution in [0.1, 0.15) is 11.1 Å². The molecule has 1 amide bonds. The molecule has 0 saturated carbocycles. The lowest BCUT2D eigenvalue weighted by molar-refractivity contribution is -0.117. The number of carbonyl (C=O) groups is 1. The van der Waals surface area contributed by atoms with Gasteiger partial charge in [-0.05, 0) is 41.8 Å². The molecule has 130 valence electrons. The predicted molar refractivity (Wildman–Crippen MR) is 102 cm³/mol. The van der Waals surface area contributed by atoms with Crippen LogP contribution in [0.3, 0.4) is 0 Å². The number of ether oxygens (including phenoxy) is 1. The SMILES string of the molecule is COc1ccc(/C=C(\C#N)C(=O)NCCc2c[nH]c3ccccc23)cc1. The van der Waals surface area contributed by atoms with Gasteiger partial charge in [0.05, 0.1) is 7.11 Å². The minimum Gasteiger partial charge on any atom is -0.497 e. The summed E-state index contributed by atoms with van der Waals surface area (Å²) in [5, 5.41) is 13.2. The van der Waals surface area contributed by atoms with Gasteiger partial charge in [0.25, 0.3) is 5.91 Å². The molecule has 0 spiro atoms. The molecular weight excluding hydrogens is 326 g/mol. The van der Waals surface area contributed by atoms with Crippen LogP contribution < -0.4 is 10.1 Å². The number of nitrogens with one attached hydrogen (secondary N) is 2. The van der Waals surface area contributed by atoms with E-state index in [-0.39, 0.29) is 11.5 Å². The number of amides is 1. The molecule has 0 radical (unpaired) electrons. The van der Waals surface area contributed by atoms with Gasteiger partial charge in [-0.15, -0.1) is 0 Å². The fraction of sp³-hybridized carbons (Fsp3) is 0.143. The van der Waals surface area contributed by atoms with Crippen LogP contribution in [0.4, 0.5) is 0 Å². The first kappa shape index (κ1) is 17.3. The number of H-pyrrole nitrogens is 1. The molecule has 0 aliphatic rings. The quantitative estimate of drug-likeness (QED) is 0.531. The fourth-order valence-corrected chi connectivity index (χ4v) is 2.76. The maximum absolute atomic E-state index is 12.3. The Morgan fingerprint density at radius 3 is 2.73 bits per heavy atom. The second-order valence-electron chi connectivity index (χ2n) is 5.81. The van der Waals surface area contributed by atoms with Crippen molar-refractivity contribution >= 4 is 22.9 Å². The summed E-state index contributed by atoms with van der Waals surface area (Å²) in [7, 11) is 1.59. The molecule has 3 aromatic rings. The summed E-state index contributed by atoms with van der Waals surface area (Å²) >= 11 is 0. The van der Waals surface area contributed by atoms with Crippen molar-refractivity contribution in [3.63, 3.8) is 0 Å². The zero-order chi connectivity index (χ0) is 18.4. The lowest BCUT2D eigenvalue weighted by Gasteiger charge is -2.04. The maximum atomic E-state index is 12.3. The van der Waals surface area contributed by atoms with Crippen LogP contribution in [-0.4, -0.2) is 24.5 Å². The van der Waals surface area contributed by atoms with E-state index in [2.05, 4.69) is 10.3 Å². The minimum absolute atomic E-state index is 0.0779. The lowest BCUT2D eigenvalue weighted by atomic mass is 10.1. The molecule has 2 aromatic carbocycles. The number of hydrogen-bond acceptors (Lipinski definition) is 3. The van der Waals surface area contributed by atoms with Gasteiger partial charge < -0.3 is 15.0 Å². The Hall–Kier alpha value is -3.52. The first-order valence-electron chi connectivity index (χ1n) is 8.30. The molecule has 1 aromatic heterocycles. The van der Waals surface area contributed by atoms with Crippen molar-refractivity contribution in [1.29, 1.82) is 5.26 Å². The number of fused-ring (bicyclic) bond motifs is 1. The van der Waals surface area contributed by atoms with Crippen molar-refractivity contribution in [2.24, 2.45) is 0 Å². The van der Waals surface area contributed by atoms with E-state index < -0.39 is 0 Å². The fourth-order valence-electron chi connectivity index (χ4n) is 2.76. The van der Waals surface area contributed by atoms with Crippen LogP contribution in [0.2, 0.25) is 0 Å². The Balaban J connectivity index is 1.62. The molecule has 3 rings (SSSR count). The van der Waals surface area contributed by atoms with E-state index in [1.54, 1.807) is 37.5 Å². The van der Waals surface area contributed by atoms with Crippen LogP contribution in [0, 0.1) is 11.3 Å². The topological polar surface area (TPSA) is 77.9 Å². The zero-order valence-corrected chi connectivity index (χ0v) is 14.5. The van der Waals surface area contributed by atoms with Crippen molar-refractivity contribution in [3.8, 4) is 11.8 Å². The summed E-state index contributed by atoms with van der Waals surface area (Å²) < 4.78 is 5.10. The third-order valence-corrected chi connectivity index (χ3v) is 4.15. The van der Waals surface area contributed by atoms with E-state index in [4.69, 9.17) is 4.74 Å². The number of aromatic amines is 1. The zero-order valence-electron chi connectivity index (χ0n) is 14.5. The number of aromatic nitrogens is 1. The molecule has 0 aliphatic carbocycles. The smallest absolute Gasteiger partial charge is 0.261 e. The minimum atomic E-state index is -0.372. The highest BCUT2D eigenvalue weighted by atomic mass is 16.5. The van der Waals surface area contributed by atoms with E-state index in [0.717, 1.165) is 27.8 Å². The first-order valence-corrected chi connectivity index (χ1v) is 8.30. The van der Waals surface area contributed by atoms with Crippen LogP contribution in [0.15, 0.2) is 60.3 Å². The molecule has 0 unspecified atom stereocenters. The van der Waals surface area contributed by atoms with Crippen LogP contribution in [0.5, 0.6) is 5.75 Å². The number of hydrogen-bond donors (Lipinski definition) is 2. The van der Waals surface area contributed by atoms with Gasteiger partial charge in [0.15, 0.2) is 0 Å². The number of nitriles is 1. The van der Waals surface area contributed by atoms with Gasteiger partial charge in [0, 0.05) is 23.6 Å². The van der Waals surface area contributed by atoms with E-state index in [0.29, 0.717) is 13.0 Å². The van der Waals surface area contributed by atoms with Gasteiger partial charge in [0.1, 0.15) is 17.4 Å². The Morgan fingerprint density at radius 2 is 2.00 bits per heavy atom. The highest BCUT2D eigenvalue weighted by Gasteiger charge is 2.09. The lowest BCUT2D eigenvalue weighted by Crippen LogP contribution is -2.26. The number of para-hydroxylation sites is 1. The summed E-state index contributed by atoms with van der Waals surface area (Å²) in [5.74, 6) is 0.354. The van der Waals surface area contributed by atoms with E-state index >= 15 is 0 Å². The van der Waals surface area contributed by atoms with Gasteiger partial charge >= 0.3 is 0 Å². The summed E-state index contributed by atoms with van der Waals surface area (Å²) in [4.78, 5) is 15.5. The molecule has 0 atom stereocenters. The number of carbonyl (C=O) groups excluding carboxylic acids is 1. The molecule has 0 bridgehead atoms. The molecule has 1 heterocycles. The molecule has 5 nitrogen and oxygen atoms in total. The third kappa shape index (κ3) is 3.93. The molecule has 2 N–H and O–H groups in total. The second-order valence-corrected chi connectivity index (χ2v) is 5.81. The average molecular weight is 345 g/mol. The molecule has 0 aliphatic heterocycles. The normalized spacial score (nSPS) is 11.2. The Bertz CT molecular complexity index is 978. The van der Waals surface area contributed by atoms with Crippen molar-refractivity contribution in [1.82, 2.24) is 10.3 Å². The molecule has 26 heavy (non-hydrogen) atoms. The van der Waals surface area contributed by atoms with Crippen molar-refractivity contribution in [2.75, 3.05) is 13.7 Å². The Morgan fingerprint density at radius 1 is 1.23 bits per heavy atom. The van der Waals surface area contributed by atoms with Crippen LogP contribution in [-0.2, 0) is 11.2 Å². The highest BCUT2D eigenvalue weighted by molar-refractivity contribution is 6.01. The van der Waals surface area contributed by atoms with E-state index in [1.807, 2.05) is 36.5 Å². The highest BCUT2D eigenvalue weighted by Crippen LogP contribution is 2.18. The maximum Gasteiger partial charge on any atom is 0.261 e. The average Bonchev–Trinajstić information content (AvgIpc) is 3.09. The number of benzene rings is 2. The molecular formula is C21H19N3O2. The van der Waals surface area contributed by atoms with Gasteiger partial charge in [0.2, 0.25) is 0 Å². The second kappa shape index (κ2) is 8.04. The van der Waals surface area contributed by atoms with Gasteiger partial charge in [-0.3, -0.25) is 4.79 Å². The standard InChI is InChI=1S/C21H19N3O2/c1-26-18-8-6-15(7-9-18)12-17(13-22)21(25)23-11-10-16-14-24-20-5-3-2-4-19(16)20/h2-9,12,14,24H,10-11H2,1H3,(H,23,25)/b17-12+. The van der Waals surface area contributed by atoms with Crippen molar-refractivity contribution in [3.05, 3.63) is 71.4 Å². The Labute approximate surface area is 151 Å². The Kier molecular flexibility index (Phi) is 5.35. The monoisotopic (exact) mass is 345 g/mol. The summed E-state index contributed by atoms with van der Waals surface area (Å²) in [5.41, 5.74) is 3.06. The van der Waals surface area contributed by atoms with Crippen LogP contribution in [0.25, 0.3) is 17.0 Å². The first-order chi connectivity index (χ1) is 12.7. The third-order valence-electron chi connectivity index (χ3n) is 4.15.